The summed E-state index contributed by atoms with van der Waals surface area (Å²) in [6, 6.07) is 20.2. The van der Waals surface area contributed by atoms with Gasteiger partial charge in [0.25, 0.3) is 5.91 Å². The number of carbonyl (C=O) groups excluding carboxylic acids is 2. The van der Waals surface area contributed by atoms with Crippen molar-refractivity contribution in [2.75, 3.05) is 13.1 Å². The van der Waals surface area contributed by atoms with Crippen molar-refractivity contribution in [2.45, 2.75) is 12.5 Å². The third kappa shape index (κ3) is 3.60. The van der Waals surface area contributed by atoms with Gasteiger partial charge in [-0.3, -0.25) is 9.59 Å². The molecule has 1 aliphatic heterocycles. The molecule has 2 heterocycles. The SMILES string of the molecule is O=C1NCCN(C(=O)c2cc(-c3ccccc3)on2)C1Cc1ccccc1. The largest absolute Gasteiger partial charge is 0.355 e. The highest BCUT2D eigenvalue weighted by atomic mass is 16.5. The third-order valence-corrected chi connectivity index (χ3v) is 4.65. The third-order valence-electron chi connectivity index (χ3n) is 4.65. The summed E-state index contributed by atoms with van der Waals surface area (Å²) in [6.07, 6.45) is 0.460. The molecule has 1 aliphatic rings. The molecule has 6 nitrogen and oxygen atoms in total. The molecule has 0 aliphatic carbocycles. The van der Waals surface area contributed by atoms with Crippen LogP contribution in [0.5, 0.6) is 0 Å². The molecule has 27 heavy (non-hydrogen) atoms. The Kier molecular flexibility index (Phi) is 4.70. The zero-order chi connectivity index (χ0) is 18.6. The van der Waals surface area contributed by atoms with E-state index in [1.54, 1.807) is 11.0 Å². The summed E-state index contributed by atoms with van der Waals surface area (Å²) in [6.45, 7) is 0.870. The molecule has 4 rings (SSSR count). The normalized spacial score (nSPS) is 16.8. The van der Waals surface area contributed by atoms with Gasteiger partial charge in [-0.2, -0.15) is 0 Å². The number of benzene rings is 2. The molecular weight excluding hydrogens is 342 g/mol. The molecule has 1 unspecified atom stereocenters. The van der Waals surface area contributed by atoms with Crippen LogP contribution >= 0.6 is 0 Å². The van der Waals surface area contributed by atoms with Crippen molar-refractivity contribution in [2.24, 2.45) is 0 Å². The van der Waals surface area contributed by atoms with Gasteiger partial charge in [0.15, 0.2) is 11.5 Å². The number of rotatable bonds is 4. The highest BCUT2D eigenvalue weighted by Crippen LogP contribution is 2.22. The maximum Gasteiger partial charge on any atom is 0.276 e. The van der Waals surface area contributed by atoms with Gasteiger partial charge in [-0.15, -0.1) is 0 Å². The number of amides is 2. The lowest BCUT2D eigenvalue weighted by Gasteiger charge is -2.34. The van der Waals surface area contributed by atoms with E-state index in [-0.39, 0.29) is 17.5 Å². The van der Waals surface area contributed by atoms with Crippen LogP contribution in [0.2, 0.25) is 0 Å². The van der Waals surface area contributed by atoms with E-state index in [9.17, 15) is 9.59 Å². The van der Waals surface area contributed by atoms with Gasteiger partial charge in [-0.25, -0.2) is 0 Å². The summed E-state index contributed by atoms with van der Waals surface area (Å²) in [5.74, 6) is 0.0852. The zero-order valence-electron chi connectivity index (χ0n) is 14.7. The second-order valence-electron chi connectivity index (χ2n) is 6.44. The molecule has 0 spiro atoms. The van der Waals surface area contributed by atoms with Crippen LogP contribution in [0.1, 0.15) is 16.1 Å². The molecule has 0 saturated carbocycles. The van der Waals surface area contributed by atoms with E-state index in [4.69, 9.17) is 4.52 Å². The molecule has 1 fully saturated rings. The minimum atomic E-state index is -0.564. The Morgan fingerprint density at radius 2 is 1.81 bits per heavy atom. The quantitative estimate of drug-likeness (QED) is 0.775. The molecule has 1 aromatic heterocycles. The Bertz CT molecular complexity index is 938. The summed E-state index contributed by atoms with van der Waals surface area (Å²) in [5, 5.41) is 6.78. The van der Waals surface area contributed by atoms with Gasteiger partial charge in [-0.05, 0) is 5.56 Å². The first-order chi connectivity index (χ1) is 13.2. The number of nitrogens with zero attached hydrogens (tertiary/aromatic N) is 2. The van der Waals surface area contributed by atoms with Crippen LogP contribution in [-0.4, -0.2) is 41.0 Å². The number of carbonyl (C=O) groups is 2. The first-order valence-electron chi connectivity index (χ1n) is 8.87. The predicted octanol–water partition coefficient (Wildman–Crippen LogP) is 2.52. The lowest BCUT2D eigenvalue weighted by molar-refractivity contribution is -0.127. The van der Waals surface area contributed by atoms with E-state index >= 15 is 0 Å². The van der Waals surface area contributed by atoms with Crippen molar-refractivity contribution in [1.29, 1.82) is 0 Å². The van der Waals surface area contributed by atoms with Gasteiger partial charge in [0.1, 0.15) is 6.04 Å². The Labute approximate surface area is 156 Å². The van der Waals surface area contributed by atoms with E-state index in [1.165, 1.54) is 0 Å². The molecular formula is C21H19N3O3. The molecule has 3 aromatic rings. The molecule has 6 heteroatoms. The van der Waals surface area contributed by atoms with E-state index < -0.39 is 6.04 Å². The van der Waals surface area contributed by atoms with E-state index in [0.717, 1.165) is 11.1 Å². The summed E-state index contributed by atoms with van der Waals surface area (Å²) in [7, 11) is 0. The topological polar surface area (TPSA) is 75.4 Å². The molecule has 136 valence electrons. The highest BCUT2D eigenvalue weighted by molar-refractivity contribution is 5.97. The van der Waals surface area contributed by atoms with Crippen LogP contribution in [0.25, 0.3) is 11.3 Å². The summed E-state index contributed by atoms with van der Waals surface area (Å²) in [5.41, 5.74) is 2.06. The first kappa shape index (κ1) is 17.0. The molecule has 0 radical (unpaired) electrons. The molecule has 1 saturated heterocycles. The Morgan fingerprint density at radius 3 is 2.56 bits per heavy atom. The lowest BCUT2D eigenvalue weighted by Crippen LogP contribution is -2.58. The van der Waals surface area contributed by atoms with Crippen molar-refractivity contribution in [3.8, 4) is 11.3 Å². The fourth-order valence-corrected chi connectivity index (χ4v) is 3.26. The van der Waals surface area contributed by atoms with E-state index in [0.29, 0.717) is 25.3 Å². The predicted molar refractivity (Wildman–Crippen MR) is 99.9 cm³/mol. The smallest absolute Gasteiger partial charge is 0.276 e. The average Bonchev–Trinajstić information content (AvgIpc) is 3.21. The molecule has 0 bridgehead atoms. The van der Waals surface area contributed by atoms with Gasteiger partial charge in [0, 0.05) is 31.1 Å². The second kappa shape index (κ2) is 7.45. The molecule has 1 N–H and O–H groups in total. The number of nitrogens with one attached hydrogen (secondary N) is 1. The van der Waals surface area contributed by atoms with Crippen molar-refractivity contribution in [3.63, 3.8) is 0 Å². The number of hydrogen-bond acceptors (Lipinski definition) is 4. The first-order valence-corrected chi connectivity index (χ1v) is 8.87. The molecule has 2 aromatic carbocycles. The van der Waals surface area contributed by atoms with Crippen molar-refractivity contribution in [1.82, 2.24) is 15.4 Å². The van der Waals surface area contributed by atoms with Crippen molar-refractivity contribution >= 4 is 11.8 Å². The van der Waals surface area contributed by atoms with Gasteiger partial charge in [0.05, 0.1) is 0 Å². The number of aromatic nitrogens is 1. The van der Waals surface area contributed by atoms with Gasteiger partial charge in [-0.1, -0.05) is 65.8 Å². The summed E-state index contributed by atoms with van der Waals surface area (Å²) in [4.78, 5) is 27.0. The minimum Gasteiger partial charge on any atom is -0.355 e. The van der Waals surface area contributed by atoms with Crippen molar-refractivity contribution < 1.29 is 14.1 Å². The van der Waals surface area contributed by atoms with Crippen LogP contribution in [0.15, 0.2) is 71.3 Å². The maximum atomic E-state index is 13.0. The Hall–Kier alpha value is -3.41. The van der Waals surface area contributed by atoms with Crippen LogP contribution < -0.4 is 5.32 Å². The number of piperazine rings is 1. The van der Waals surface area contributed by atoms with Gasteiger partial charge in [0.2, 0.25) is 5.91 Å². The van der Waals surface area contributed by atoms with Crippen LogP contribution in [0.3, 0.4) is 0 Å². The zero-order valence-corrected chi connectivity index (χ0v) is 14.7. The van der Waals surface area contributed by atoms with Gasteiger partial charge >= 0.3 is 0 Å². The second-order valence-corrected chi connectivity index (χ2v) is 6.44. The summed E-state index contributed by atoms with van der Waals surface area (Å²) < 4.78 is 5.34. The average molecular weight is 361 g/mol. The molecule has 1 atom stereocenters. The fourth-order valence-electron chi connectivity index (χ4n) is 3.26. The monoisotopic (exact) mass is 361 g/mol. The van der Waals surface area contributed by atoms with E-state index in [1.807, 2.05) is 60.7 Å². The Balaban J connectivity index is 1.57. The Morgan fingerprint density at radius 1 is 1.11 bits per heavy atom. The fraction of sp³-hybridized carbons (Fsp3) is 0.190. The summed E-state index contributed by atoms with van der Waals surface area (Å²) >= 11 is 0. The lowest BCUT2D eigenvalue weighted by atomic mass is 10.0. The minimum absolute atomic E-state index is 0.148. The van der Waals surface area contributed by atoms with Gasteiger partial charge < -0.3 is 14.7 Å². The van der Waals surface area contributed by atoms with Crippen LogP contribution in [-0.2, 0) is 11.2 Å². The number of hydrogen-bond donors (Lipinski definition) is 1. The van der Waals surface area contributed by atoms with Crippen molar-refractivity contribution in [3.05, 3.63) is 78.0 Å². The maximum absolute atomic E-state index is 13.0. The van der Waals surface area contributed by atoms with Crippen LogP contribution in [0.4, 0.5) is 0 Å². The van der Waals surface area contributed by atoms with E-state index in [2.05, 4.69) is 10.5 Å². The standard InChI is InChI=1S/C21H19N3O3/c25-20-18(13-15-7-3-1-4-8-15)24(12-11-22-20)21(26)17-14-19(27-23-17)16-9-5-2-6-10-16/h1-10,14,18H,11-13H2,(H,22,25). The highest BCUT2D eigenvalue weighted by Gasteiger charge is 2.34. The van der Waals surface area contributed by atoms with Crippen LogP contribution in [0, 0.1) is 0 Å². The molecule has 2 amide bonds.